The zero-order valence-corrected chi connectivity index (χ0v) is 21.4. The lowest BCUT2D eigenvalue weighted by Gasteiger charge is -2.23. The minimum Gasteiger partial charge on any atom is -0.489 e. The number of aromatic amines is 1. The van der Waals surface area contributed by atoms with Crippen LogP contribution >= 0.6 is 12.6 Å². The fraction of sp³-hybridized carbons (Fsp3) is 0.267. The number of benzene rings is 2. The van der Waals surface area contributed by atoms with E-state index in [2.05, 4.69) is 40.8 Å². The van der Waals surface area contributed by atoms with E-state index in [4.69, 9.17) is 14.2 Å². The van der Waals surface area contributed by atoms with E-state index < -0.39 is 0 Å². The second-order valence-corrected chi connectivity index (χ2v) is 9.46. The van der Waals surface area contributed by atoms with Gasteiger partial charge in [-0.3, -0.25) is 0 Å². The molecular formula is C30H29N3O3S. The number of nitriles is 1. The molecule has 4 aromatic rings. The van der Waals surface area contributed by atoms with Gasteiger partial charge >= 0.3 is 0 Å². The second-order valence-electron chi connectivity index (χ2n) is 8.95. The van der Waals surface area contributed by atoms with Crippen molar-refractivity contribution < 1.29 is 14.2 Å². The highest BCUT2D eigenvalue weighted by Gasteiger charge is 2.18. The quantitative estimate of drug-likeness (QED) is 0.308. The highest BCUT2D eigenvalue weighted by molar-refractivity contribution is 7.80. The Balaban J connectivity index is 0.000000348. The Bertz CT molecular complexity index is 1420. The van der Waals surface area contributed by atoms with Crippen LogP contribution in [0.3, 0.4) is 0 Å². The molecule has 37 heavy (non-hydrogen) atoms. The van der Waals surface area contributed by atoms with Crippen molar-refractivity contribution in [3.8, 4) is 22.9 Å². The van der Waals surface area contributed by atoms with Crippen molar-refractivity contribution in [2.75, 3.05) is 26.4 Å². The van der Waals surface area contributed by atoms with Crippen LogP contribution in [0.25, 0.3) is 27.7 Å². The van der Waals surface area contributed by atoms with Crippen LogP contribution in [-0.2, 0) is 9.47 Å². The number of pyridine rings is 1. The summed E-state index contributed by atoms with van der Waals surface area (Å²) < 4.78 is 16.9. The topological polar surface area (TPSA) is 80.2 Å². The van der Waals surface area contributed by atoms with Gasteiger partial charge in [-0.05, 0) is 59.5 Å². The molecule has 1 fully saturated rings. The Morgan fingerprint density at radius 3 is 2.54 bits per heavy atom. The first-order valence-corrected chi connectivity index (χ1v) is 12.9. The van der Waals surface area contributed by atoms with Gasteiger partial charge in [-0.1, -0.05) is 30.3 Å². The number of nitrogens with zero attached hydrogens (tertiary/aromatic N) is 2. The lowest BCUT2D eigenvalue weighted by atomic mass is 10.0. The zero-order valence-electron chi connectivity index (χ0n) is 20.5. The van der Waals surface area contributed by atoms with Gasteiger partial charge in [0.1, 0.15) is 23.6 Å². The van der Waals surface area contributed by atoms with E-state index in [0.717, 1.165) is 58.6 Å². The molecule has 0 amide bonds. The van der Waals surface area contributed by atoms with Crippen molar-refractivity contribution >= 4 is 29.2 Å². The molecule has 0 aliphatic carbocycles. The maximum absolute atomic E-state index is 9.71. The summed E-state index contributed by atoms with van der Waals surface area (Å²) in [6, 6.07) is 22.1. The number of hydrogen-bond donors (Lipinski definition) is 2. The van der Waals surface area contributed by atoms with E-state index in [1.807, 2.05) is 54.6 Å². The van der Waals surface area contributed by atoms with Gasteiger partial charge in [-0.2, -0.15) is 5.26 Å². The molecule has 0 unspecified atom stereocenters. The van der Waals surface area contributed by atoms with Crippen LogP contribution in [0.2, 0.25) is 0 Å². The number of nitrogens with one attached hydrogen (secondary N) is 1. The van der Waals surface area contributed by atoms with Crippen molar-refractivity contribution in [3.05, 3.63) is 84.2 Å². The van der Waals surface area contributed by atoms with Gasteiger partial charge < -0.3 is 19.2 Å². The Labute approximate surface area is 222 Å². The Kier molecular flexibility index (Phi) is 8.21. The number of aromatic nitrogens is 2. The summed E-state index contributed by atoms with van der Waals surface area (Å²) in [5.74, 6) is 0.639. The fourth-order valence-electron chi connectivity index (χ4n) is 4.51. The van der Waals surface area contributed by atoms with Crippen molar-refractivity contribution in [3.63, 3.8) is 0 Å². The number of thiol groups is 1. The Morgan fingerprint density at radius 1 is 1.00 bits per heavy atom. The van der Waals surface area contributed by atoms with Gasteiger partial charge in [0, 0.05) is 35.0 Å². The Morgan fingerprint density at radius 2 is 1.84 bits per heavy atom. The third kappa shape index (κ3) is 6.23. The molecule has 1 saturated heterocycles. The lowest BCUT2D eigenvalue weighted by Crippen LogP contribution is -2.26. The molecule has 0 atom stereocenters. The maximum Gasteiger partial charge on any atom is 0.138 e. The van der Waals surface area contributed by atoms with Gasteiger partial charge in [0.25, 0.3) is 0 Å². The predicted molar refractivity (Wildman–Crippen MR) is 148 cm³/mol. The molecule has 4 heterocycles. The molecule has 2 aromatic carbocycles. The lowest BCUT2D eigenvalue weighted by molar-refractivity contribution is 0.0254. The second kappa shape index (κ2) is 12.1. The standard InChI is InChI=1S/C24H23N3O3.C6H6S/c25-15-18-13-17(1-2-23(18)30-19-6-11-29-12-7-19)20-3-8-26-24-21(20)14-22(27-24)16-4-9-28-10-5-16;7-6-4-2-1-3-5-6/h1-4,8,13-14,19H,5-7,9-12H2,(H,26,27);1-5,7H. The largest absolute Gasteiger partial charge is 0.489 e. The van der Waals surface area contributed by atoms with E-state index in [1.54, 1.807) is 6.20 Å². The summed E-state index contributed by atoms with van der Waals surface area (Å²) in [4.78, 5) is 8.95. The first kappa shape index (κ1) is 25.1. The molecule has 2 aliphatic heterocycles. The van der Waals surface area contributed by atoms with E-state index in [-0.39, 0.29) is 6.10 Å². The van der Waals surface area contributed by atoms with Crippen LogP contribution in [0.4, 0.5) is 0 Å². The molecule has 2 aliphatic rings. The minimum atomic E-state index is 0.101. The van der Waals surface area contributed by atoms with Crippen LogP contribution < -0.4 is 4.74 Å². The molecule has 0 spiro atoms. The molecule has 0 saturated carbocycles. The third-order valence-corrected chi connectivity index (χ3v) is 6.77. The summed E-state index contributed by atoms with van der Waals surface area (Å²) in [7, 11) is 0. The molecule has 0 radical (unpaired) electrons. The van der Waals surface area contributed by atoms with Gasteiger partial charge in [-0.25, -0.2) is 4.98 Å². The molecule has 7 heteroatoms. The monoisotopic (exact) mass is 511 g/mol. The van der Waals surface area contributed by atoms with Crippen LogP contribution in [-0.4, -0.2) is 42.5 Å². The van der Waals surface area contributed by atoms with E-state index in [0.29, 0.717) is 31.1 Å². The van der Waals surface area contributed by atoms with Crippen LogP contribution in [0.15, 0.2) is 77.8 Å². The van der Waals surface area contributed by atoms with Crippen molar-refractivity contribution in [1.82, 2.24) is 9.97 Å². The number of hydrogen-bond acceptors (Lipinski definition) is 6. The van der Waals surface area contributed by atoms with Gasteiger partial charge in [-0.15, -0.1) is 12.6 Å². The summed E-state index contributed by atoms with van der Waals surface area (Å²) in [5, 5.41) is 10.8. The normalized spacial score (nSPS) is 15.8. The average Bonchev–Trinajstić information content (AvgIpc) is 3.40. The predicted octanol–water partition coefficient (Wildman–Crippen LogP) is 6.44. The number of ether oxygens (including phenoxy) is 3. The first-order chi connectivity index (χ1) is 18.2. The molecule has 6 rings (SSSR count). The van der Waals surface area contributed by atoms with E-state index >= 15 is 0 Å². The molecule has 0 bridgehead atoms. The molecule has 188 valence electrons. The number of fused-ring (bicyclic) bond motifs is 1. The van der Waals surface area contributed by atoms with E-state index in [1.165, 1.54) is 5.57 Å². The van der Waals surface area contributed by atoms with Gasteiger partial charge in [0.15, 0.2) is 0 Å². The smallest absolute Gasteiger partial charge is 0.138 e. The number of rotatable bonds is 4. The van der Waals surface area contributed by atoms with Gasteiger partial charge in [0.2, 0.25) is 0 Å². The first-order valence-electron chi connectivity index (χ1n) is 12.5. The minimum absolute atomic E-state index is 0.101. The molecule has 1 N–H and O–H groups in total. The van der Waals surface area contributed by atoms with Crippen LogP contribution in [0.5, 0.6) is 5.75 Å². The number of H-pyrrole nitrogens is 1. The highest BCUT2D eigenvalue weighted by Crippen LogP contribution is 2.34. The zero-order chi connectivity index (χ0) is 25.5. The maximum atomic E-state index is 9.71. The summed E-state index contributed by atoms with van der Waals surface area (Å²) in [6.07, 6.45) is 6.61. The summed E-state index contributed by atoms with van der Waals surface area (Å²) in [5.41, 5.74) is 5.74. The average molecular weight is 512 g/mol. The third-order valence-electron chi connectivity index (χ3n) is 6.47. The highest BCUT2D eigenvalue weighted by atomic mass is 32.1. The molecule has 6 nitrogen and oxygen atoms in total. The fourth-order valence-corrected chi connectivity index (χ4v) is 4.68. The van der Waals surface area contributed by atoms with Gasteiger partial charge in [0.05, 0.1) is 32.0 Å². The Hall–Kier alpha value is -3.57. The van der Waals surface area contributed by atoms with Crippen LogP contribution in [0, 0.1) is 11.3 Å². The molecular weight excluding hydrogens is 482 g/mol. The van der Waals surface area contributed by atoms with Crippen molar-refractivity contribution in [2.24, 2.45) is 0 Å². The molecule has 2 aromatic heterocycles. The summed E-state index contributed by atoms with van der Waals surface area (Å²) in [6.45, 7) is 2.79. The van der Waals surface area contributed by atoms with Crippen LogP contribution in [0.1, 0.15) is 30.5 Å². The van der Waals surface area contributed by atoms with Crippen molar-refractivity contribution in [2.45, 2.75) is 30.3 Å². The summed E-state index contributed by atoms with van der Waals surface area (Å²) >= 11 is 4.08. The SMILES string of the molecule is N#Cc1cc(-c2ccnc3[nH]c(C4=CCOCC4)cc23)ccc1OC1CCOCC1.Sc1ccccc1. The van der Waals surface area contributed by atoms with Crippen molar-refractivity contribution in [1.29, 1.82) is 5.26 Å². The van der Waals surface area contributed by atoms with E-state index in [9.17, 15) is 5.26 Å².